The largest absolute Gasteiger partial charge is 0.319 e. The Bertz CT molecular complexity index is 540. The molecule has 0 saturated carbocycles. The molecule has 0 bridgehead atoms. The van der Waals surface area contributed by atoms with E-state index in [0.29, 0.717) is 0 Å². The van der Waals surface area contributed by atoms with Crippen molar-refractivity contribution in [2.24, 2.45) is 0 Å². The highest BCUT2D eigenvalue weighted by molar-refractivity contribution is 5.34. The lowest BCUT2D eigenvalue weighted by Gasteiger charge is -2.05. The molecule has 0 radical (unpaired) electrons. The van der Waals surface area contributed by atoms with Gasteiger partial charge >= 0.3 is 0 Å². The van der Waals surface area contributed by atoms with Gasteiger partial charge in [0.15, 0.2) is 0 Å². The lowest BCUT2D eigenvalue weighted by Crippen LogP contribution is -2.15. The van der Waals surface area contributed by atoms with E-state index in [-0.39, 0.29) is 5.56 Å². The van der Waals surface area contributed by atoms with Gasteiger partial charge in [0.2, 0.25) is 0 Å². The van der Waals surface area contributed by atoms with E-state index in [1.807, 2.05) is 49.0 Å². The molecule has 0 aliphatic carbocycles. The highest BCUT2D eigenvalue weighted by Gasteiger charge is 2.10. The van der Waals surface area contributed by atoms with Crippen molar-refractivity contribution in [1.29, 1.82) is 0 Å². The monoisotopic (exact) mass is 231 g/mol. The van der Waals surface area contributed by atoms with Crippen LogP contribution in [-0.4, -0.2) is 23.4 Å². The number of likely N-dealkylation sites (N-methyl/N-ethyl adjacent to an activating group) is 1. The SMILES string of the molecule is CNCCc1c(C)n(-c2ccccc2)[nH]c1=O. The summed E-state index contributed by atoms with van der Waals surface area (Å²) in [4.78, 5) is 11.8. The number of aromatic amines is 1. The van der Waals surface area contributed by atoms with Gasteiger partial charge in [0.1, 0.15) is 0 Å². The van der Waals surface area contributed by atoms with Crippen LogP contribution in [0.5, 0.6) is 0 Å². The molecule has 0 amide bonds. The normalized spacial score (nSPS) is 10.7. The zero-order chi connectivity index (χ0) is 12.3. The summed E-state index contributed by atoms with van der Waals surface area (Å²) in [5.41, 5.74) is 2.82. The molecule has 0 fully saturated rings. The van der Waals surface area contributed by atoms with Crippen LogP contribution >= 0.6 is 0 Å². The van der Waals surface area contributed by atoms with E-state index in [9.17, 15) is 4.79 Å². The van der Waals surface area contributed by atoms with Crippen LogP contribution < -0.4 is 10.9 Å². The number of aromatic nitrogens is 2. The second kappa shape index (κ2) is 5.01. The molecule has 0 aliphatic heterocycles. The second-order valence-corrected chi connectivity index (χ2v) is 4.03. The summed E-state index contributed by atoms with van der Waals surface area (Å²) in [6, 6.07) is 9.83. The molecule has 17 heavy (non-hydrogen) atoms. The van der Waals surface area contributed by atoms with E-state index in [1.165, 1.54) is 0 Å². The molecule has 4 heteroatoms. The fourth-order valence-electron chi connectivity index (χ4n) is 1.93. The summed E-state index contributed by atoms with van der Waals surface area (Å²) in [5, 5.41) is 5.93. The maximum atomic E-state index is 11.8. The van der Waals surface area contributed by atoms with E-state index >= 15 is 0 Å². The van der Waals surface area contributed by atoms with Crippen molar-refractivity contribution in [3.63, 3.8) is 0 Å². The molecule has 0 spiro atoms. The molecular formula is C13H17N3O. The number of rotatable bonds is 4. The highest BCUT2D eigenvalue weighted by atomic mass is 16.1. The van der Waals surface area contributed by atoms with Crippen molar-refractivity contribution in [1.82, 2.24) is 15.1 Å². The van der Waals surface area contributed by atoms with Crippen molar-refractivity contribution in [2.75, 3.05) is 13.6 Å². The summed E-state index contributed by atoms with van der Waals surface area (Å²) in [6.07, 6.45) is 0.748. The Morgan fingerprint density at radius 1 is 1.29 bits per heavy atom. The van der Waals surface area contributed by atoms with E-state index in [0.717, 1.165) is 29.9 Å². The van der Waals surface area contributed by atoms with Crippen molar-refractivity contribution >= 4 is 0 Å². The van der Waals surface area contributed by atoms with Crippen LogP contribution in [0, 0.1) is 6.92 Å². The number of benzene rings is 1. The molecule has 0 atom stereocenters. The molecular weight excluding hydrogens is 214 g/mol. The topological polar surface area (TPSA) is 49.8 Å². The van der Waals surface area contributed by atoms with Gasteiger partial charge in [0, 0.05) is 11.3 Å². The number of nitrogens with zero attached hydrogens (tertiary/aromatic N) is 1. The van der Waals surface area contributed by atoms with Gasteiger partial charge in [-0.05, 0) is 39.1 Å². The standard InChI is InChI=1S/C13H17N3O/c1-10-12(8-9-14-2)13(17)15-16(10)11-6-4-3-5-7-11/h3-7,14H,8-9H2,1-2H3,(H,15,17). The lowest BCUT2D eigenvalue weighted by molar-refractivity contribution is 0.783. The summed E-state index contributed by atoms with van der Waals surface area (Å²) in [5.74, 6) is 0. The zero-order valence-corrected chi connectivity index (χ0v) is 10.2. The molecule has 2 aromatic rings. The predicted molar refractivity (Wildman–Crippen MR) is 68.8 cm³/mol. The van der Waals surface area contributed by atoms with Gasteiger partial charge in [0.05, 0.1) is 5.69 Å². The van der Waals surface area contributed by atoms with Crippen LogP contribution in [0.3, 0.4) is 0 Å². The minimum Gasteiger partial charge on any atom is -0.319 e. The van der Waals surface area contributed by atoms with E-state index in [1.54, 1.807) is 0 Å². The van der Waals surface area contributed by atoms with Crippen LogP contribution in [0.2, 0.25) is 0 Å². The first-order valence-electron chi connectivity index (χ1n) is 5.74. The van der Waals surface area contributed by atoms with Crippen LogP contribution in [-0.2, 0) is 6.42 Å². The molecule has 1 aromatic heterocycles. The molecule has 4 nitrogen and oxygen atoms in total. The molecule has 1 heterocycles. The van der Waals surface area contributed by atoms with E-state index < -0.39 is 0 Å². The summed E-state index contributed by atoms with van der Waals surface area (Å²) < 4.78 is 1.84. The van der Waals surface area contributed by atoms with Gasteiger partial charge in [0.25, 0.3) is 5.56 Å². The third kappa shape index (κ3) is 2.31. The van der Waals surface area contributed by atoms with E-state index in [4.69, 9.17) is 0 Å². The first kappa shape index (κ1) is 11.7. The third-order valence-corrected chi connectivity index (χ3v) is 2.90. The number of hydrogen-bond donors (Lipinski definition) is 2. The smallest absolute Gasteiger partial charge is 0.267 e. The maximum Gasteiger partial charge on any atom is 0.267 e. The maximum absolute atomic E-state index is 11.8. The molecule has 1 aromatic carbocycles. The van der Waals surface area contributed by atoms with Crippen molar-refractivity contribution in [3.8, 4) is 5.69 Å². The predicted octanol–water partition coefficient (Wildman–Crippen LogP) is 1.24. The summed E-state index contributed by atoms with van der Waals surface area (Å²) in [7, 11) is 1.89. The number of hydrogen-bond acceptors (Lipinski definition) is 2. The Labute approximate surface area is 100 Å². The molecule has 90 valence electrons. The average Bonchev–Trinajstić information content (AvgIpc) is 2.64. The first-order valence-corrected chi connectivity index (χ1v) is 5.74. The second-order valence-electron chi connectivity index (χ2n) is 4.03. The number of para-hydroxylation sites is 1. The fourth-order valence-corrected chi connectivity index (χ4v) is 1.93. The molecule has 0 aliphatic rings. The Hall–Kier alpha value is -1.81. The summed E-state index contributed by atoms with van der Waals surface area (Å²) >= 11 is 0. The fraction of sp³-hybridized carbons (Fsp3) is 0.308. The Kier molecular flexibility index (Phi) is 3.44. The van der Waals surface area contributed by atoms with Crippen LogP contribution in [0.25, 0.3) is 5.69 Å². The number of nitrogens with one attached hydrogen (secondary N) is 2. The van der Waals surface area contributed by atoms with Gasteiger partial charge in [-0.1, -0.05) is 18.2 Å². The third-order valence-electron chi connectivity index (χ3n) is 2.90. The molecule has 2 N–H and O–H groups in total. The minimum absolute atomic E-state index is 0.00148. The first-order chi connectivity index (χ1) is 8.24. The van der Waals surface area contributed by atoms with Crippen molar-refractivity contribution in [3.05, 3.63) is 51.9 Å². The zero-order valence-electron chi connectivity index (χ0n) is 10.2. The number of H-pyrrole nitrogens is 1. The summed E-state index contributed by atoms with van der Waals surface area (Å²) in [6.45, 7) is 2.78. The van der Waals surface area contributed by atoms with Crippen molar-refractivity contribution in [2.45, 2.75) is 13.3 Å². The molecule has 0 unspecified atom stereocenters. The Morgan fingerprint density at radius 3 is 2.65 bits per heavy atom. The van der Waals surface area contributed by atoms with Gasteiger partial charge in [-0.2, -0.15) is 0 Å². The lowest BCUT2D eigenvalue weighted by atomic mass is 10.2. The van der Waals surface area contributed by atoms with Gasteiger partial charge in [-0.15, -0.1) is 0 Å². The highest BCUT2D eigenvalue weighted by Crippen LogP contribution is 2.10. The average molecular weight is 231 g/mol. The van der Waals surface area contributed by atoms with Crippen LogP contribution in [0.4, 0.5) is 0 Å². The van der Waals surface area contributed by atoms with Gasteiger partial charge in [-0.25, -0.2) is 0 Å². The minimum atomic E-state index is 0.00148. The Morgan fingerprint density at radius 2 is 2.00 bits per heavy atom. The molecule has 2 rings (SSSR count). The van der Waals surface area contributed by atoms with E-state index in [2.05, 4.69) is 10.4 Å². The van der Waals surface area contributed by atoms with Crippen molar-refractivity contribution < 1.29 is 0 Å². The van der Waals surface area contributed by atoms with Crippen LogP contribution in [0.15, 0.2) is 35.1 Å². The van der Waals surface area contributed by atoms with Gasteiger partial charge in [-0.3, -0.25) is 14.6 Å². The van der Waals surface area contributed by atoms with Gasteiger partial charge < -0.3 is 5.32 Å². The Balaban J connectivity index is 2.41. The molecule has 0 saturated heterocycles. The quantitative estimate of drug-likeness (QED) is 0.831. The van der Waals surface area contributed by atoms with Crippen LogP contribution in [0.1, 0.15) is 11.3 Å².